The Morgan fingerprint density at radius 2 is 1.61 bits per heavy atom. The summed E-state index contributed by atoms with van der Waals surface area (Å²) in [5.74, 6) is -1.06. The molecule has 5 rings (SSSR count). The van der Waals surface area contributed by atoms with E-state index >= 15 is 0 Å². The van der Waals surface area contributed by atoms with E-state index in [-0.39, 0.29) is 23.9 Å². The van der Waals surface area contributed by atoms with Gasteiger partial charge < -0.3 is 10.6 Å². The van der Waals surface area contributed by atoms with Crippen molar-refractivity contribution in [3.8, 4) is 0 Å². The highest BCUT2D eigenvalue weighted by Crippen LogP contribution is 2.35. The van der Waals surface area contributed by atoms with Gasteiger partial charge in [0.1, 0.15) is 5.70 Å². The molecule has 1 atom stereocenters. The first-order chi connectivity index (χ1) is 21.2. The molecule has 4 aromatic rings. The first-order valence-corrected chi connectivity index (χ1v) is 16.0. The van der Waals surface area contributed by atoms with Gasteiger partial charge in [0.15, 0.2) is 0 Å². The van der Waals surface area contributed by atoms with Crippen molar-refractivity contribution in [2.45, 2.75) is 36.3 Å². The molecule has 0 aromatic heterocycles. The third-order valence-corrected chi connectivity index (χ3v) is 8.90. The average Bonchev–Trinajstić information content (AvgIpc) is 3.29. The number of nitrogens with zero attached hydrogens (tertiary/aromatic N) is 1. The normalized spacial score (nSPS) is 15.0. The van der Waals surface area contributed by atoms with Crippen LogP contribution < -0.4 is 15.5 Å². The van der Waals surface area contributed by atoms with Crippen molar-refractivity contribution in [1.82, 2.24) is 5.32 Å². The Kier molecular flexibility index (Phi) is 9.96. The molecule has 0 spiro atoms. The van der Waals surface area contributed by atoms with Crippen LogP contribution in [0.2, 0.25) is 0 Å². The molecule has 4 amide bonds. The van der Waals surface area contributed by atoms with E-state index < -0.39 is 17.1 Å². The van der Waals surface area contributed by atoms with Crippen molar-refractivity contribution < 1.29 is 19.2 Å². The second kappa shape index (κ2) is 14.0. The van der Waals surface area contributed by atoms with Crippen molar-refractivity contribution in [1.29, 1.82) is 0 Å². The van der Waals surface area contributed by atoms with Crippen LogP contribution in [-0.4, -0.2) is 28.9 Å². The van der Waals surface area contributed by atoms with Crippen LogP contribution in [0.15, 0.2) is 114 Å². The lowest BCUT2D eigenvalue weighted by atomic mass is 10.0. The predicted molar refractivity (Wildman–Crippen MR) is 183 cm³/mol. The SMILES string of the molecule is CC(C)c1ccc(/C=C(\NC(=O)c2ccccc2)C(=O)Nc2cccc(S[C@H]3CC(=O)N(c4ccc(I)cc4)C3=O)c2)cc1. The molecule has 0 radical (unpaired) electrons. The molecule has 0 unspecified atom stereocenters. The van der Waals surface area contributed by atoms with Gasteiger partial charge in [-0.15, -0.1) is 11.8 Å². The first-order valence-electron chi connectivity index (χ1n) is 14.1. The van der Waals surface area contributed by atoms with Crippen molar-refractivity contribution in [3.05, 3.63) is 129 Å². The fraction of sp³-hybridized carbons (Fsp3) is 0.143. The van der Waals surface area contributed by atoms with Gasteiger partial charge in [-0.1, -0.05) is 62.4 Å². The lowest BCUT2D eigenvalue weighted by Gasteiger charge is -2.15. The molecule has 44 heavy (non-hydrogen) atoms. The maximum Gasteiger partial charge on any atom is 0.272 e. The zero-order valence-corrected chi connectivity index (χ0v) is 27.1. The molecule has 7 nitrogen and oxygen atoms in total. The van der Waals surface area contributed by atoms with E-state index in [2.05, 4.69) is 47.1 Å². The van der Waals surface area contributed by atoms with Gasteiger partial charge in [0.05, 0.1) is 10.9 Å². The van der Waals surface area contributed by atoms with Crippen LogP contribution >= 0.6 is 34.4 Å². The summed E-state index contributed by atoms with van der Waals surface area (Å²) in [5.41, 5.74) is 3.48. The number of rotatable bonds is 9. The number of amides is 4. The minimum absolute atomic E-state index is 0.0823. The second-order valence-electron chi connectivity index (χ2n) is 10.5. The first kappa shape index (κ1) is 31.2. The number of carbonyl (C=O) groups is 4. The Morgan fingerprint density at radius 3 is 2.30 bits per heavy atom. The molecular formula is C35H30IN3O4S. The van der Waals surface area contributed by atoms with Crippen LogP contribution in [0.1, 0.15) is 47.7 Å². The standard InChI is InChI=1S/C35H30IN3O4S/c1-22(2)24-13-11-23(12-14-24)19-30(38-33(41)25-7-4-3-5-8-25)34(42)37-27-9-6-10-29(20-27)44-31-21-32(40)39(35(31)43)28-17-15-26(36)16-18-28/h3-20,22,31H,21H2,1-2H3,(H,37,42)(H,38,41)/b30-19-/t31-/m0/s1. The maximum absolute atomic E-state index is 13.5. The largest absolute Gasteiger partial charge is 0.321 e. The van der Waals surface area contributed by atoms with E-state index in [4.69, 9.17) is 0 Å². The lowest BCUT2D eigenvalue weighted by Crippen LogP contribution is -2.31. The molecule has 0 saturated carbocycles. The van der Waals surface area contributed by atoms with E-state index in [1.165, 1.54) is 22.2 Å². The summed E-state index contributed by atoms with van der Waals surface area (Å²) >= 11 is 3.45. The number of anilines is 2. The zero-order valence-electron chi connectivity index (χ0n) is 24.1. The van der Waals surface area contributed by atoms with Crippen LogP contribution in [0.25, 0.3) is 6.08 Å². The fourth-order valence-electron chi connectivity index (χ4n) is 4.65. The van der Waals surface area contributed by atoms with Crippen LogP contribution in [-0.2, 0) is 14.4 Å². The molecule has 222 valence electrons. The number of nitrogens with one attached hydrogen (secondary N) is 2. The maximum atomic E-state index is 13.5. The molecule has 9 heteroatoms. The van der Waals surface area contributed by atoms with E-state index in [9.17, 15) is 19.2 Å². The molecule has 1 aliphatic rings. The molecule has 2 N–H and O–H groups in total. The van der Waals surface area contributed by atoms with Crippen LogP contribution in [0, 0.1) is 3.57 Å². The Labute approximate surface area is 274 Å². The highest BCUT2D eigenvalue weighted by Gasteiger charge is 2.40. The van der Waals surface area contributed by atoms with Crippen molar-refractivity contribution in [2.24, 2.45) is 0 Å². The number of halogens is 1. The van der Waals surface area contributed by atoms with E-state index in [0.29, 0.717) is 22.9 Å². The number of benzene rings is 4. The van der Waals surface area contributed by atoms with Crippen molar-refractivity contribution in [3.63, 3.8) is 0 Å². The topological polar surface area (TPSA) is 95.6 Å². The molecular weight excluding hydrogens is 685 g/mol. The molecule has 1 saturated heterocycles. The Bertz CT molecular complexity index is 1720. The molecule has 1 aliphatic heterocycles. The third-order valence-electron chi connectivity index (χ3n) is 7.00. The number of hydrogen-bond donors (Lipinski definition) is 2. The third kappa shape index (κ3) is 7.64. The number of imide groups is 1. The summed E-state index contributed by atoms with van der Waals surface area (Å²) in [4.78, 5) is 54.4. The van der Waals surface area contributed by atoms with Gasteiger partial charge in [-0.05, 0) is 100 Å². The zero-order chi connectivity index (χ0) is 31.2. The summed E-state index contributed by atoms with van der Waals surface area (Å²) in [6, 6.07) is 30.8. The molecule has 0 aliphatic carbocycles. The van der Waals surface area contributed by atoms with Gasteiger partial charge in [0.25, 0.3) is 11.8 Å². The van der Waals surface area contributed by atoms with E-state index in [0.717, 1.165) is 14.0 Å². The summed E-state index contributed by atoms with van der Waals surface area (Å²) in [6.07, 6.45) is 1.72. The minimum atomic E-state index is -0.581. The Morgan fingerprint density at radius 1 is 0.909 bits per heavy atom. The second-order valence-corrected chi connectivity index (χ2v) is 13.1. The van der Waals surface area contributed by atoms with Crippen LogP contribution in [0.5, 0.6) is 0 Å². The van der Waals surface area contributed by atoms with Crippen molar-refractivity contribution >= 4 is 75.4 Å². The van der Waals surface area contributed by atoms with Crippen LogP contribution in [0.4, 0.5) is 11.4 Å². The van der Waals surface area contributed by atoms with Crippen LogP contribution in [0.3, 0.4) is 0 Å². The quantitative estimate of drug-likeness (QED) is 0.108. The molecule has 0 bridgehead atoms. The van der Waals surface area contributed by atoms with E-state index in [1.807, 2.05) is 48.5 Å². The lowest BCUT2D eigenvalue weighted by molar-refractivity contribution is -0.121. The number of hydrogen-bond acceptors (Lipinski definition) is 5. The summed E-state index contributed by atoms with van der Waals surface area (Å²) in [7, 11) is 0. The van der Waals surface area contributed by atoms with Gasteiger partial charge in [-0.3, -0.25) is 19.2 Å². The fourth-order valence-corrected chi connectivity index (χ4v) is 6.13. The highest BCUT2D eigenvalue weighted by molar-refractivity contribution is 14.1. The predicted octanol–water partition coefficient (Wildman–Crippen LogP) is 7.25. The number of thioether (sulfide) groups is 1. The molecule has 1 heterocycles. The average molecular weight is 716 g/mol. The molecule has 4 aromatic carbocycles. The van der Waals surface area contributed by atoms with Gasteiger partial charge in [-0.25, -0.2) is 4.90 Å². The minimum Gasteiger partial charge on any atom is -0.321 e. The number of carbonyl (C=O) groups excluding carboxylic acids is 4. The summed E-state index contributed by atoms with van der Waals surface area (Å²) < 4.78 is 1.01. The highest BCUT2D eigenvalue weighted by atomic mass is 127. The van der Waals surface area contributed by atoms with Gasteiger partial charge in [0, 0.05) is 26.1 Å². The molecule has 1 fully saturated rings. The van der Waals surface area contributed by atoms with Gasteiger partial charge in [-0.2, -0.15) is 0 Å². The summed E-state index contributed by atoms with van der Waals surface area (Å²) in [5, 5.41) is 5.06. The van der Waals surface area contributed by atoms with E-state index in [1.54, 1.807) is 60.7 Å². The Balaban J connectivity index is 1.33. The Hall–Kier alpha value is -4.22. The van der Waals surface area contributed by atoms with Gasteiger partial charge >= 0.3 is 0 Å². The van der Waals surface area contributed by atoms with Gasteiger partial charge in [0.2, 0.25) is 11.8 Å². The smallest absolute Gasteiger partial charge is 0.272 e. The van der Waals surface area contributed by atoms with Crippen molar-refractivity contribution in [2.75, 3.05) is 10.2 Å². The summed E-state index contributed by atoms with van der Waals surface area (Å²) in [6.45, 7) is 4.22. The monoisotopic (exact) mass is 715 g/mol.